The lowest BCUT2D eigenvalue weighted by Crippen LogP contribution is -2.38. The largest absolute Gasteiger partial charge is 0.468 e. The fourth-order valence-corrected chi connectivity index (χ4v) is 2.73. The van der Waals surface area contributed by atoms with Crippen molar-refractivity contribution in [2.45, 2.75) is 39.3 Å². The van der Waals surface area contributed by atoms with Crippen LogP contribution in [0.15, 0.2) is 22.8 Å². The van der Waals surface area contributed by atoms with E-state index in [-0.39, 0.29) is 0 Å². The molecule has 0 amide bonds. The van der Waals surface area contributed by atoms with Crippen LogP contribution in [0, 0.1) is 5.92 Å². The SMILES string of the molecule is CC(C)C1CCCN1CCNCc1ccco1. The van der Waals surface area contributed by atoms with Gasteiger partial charge >= 0.3 is 0 Å². The minimum Gasteiger partial charge on any atom is -0.468 e. The van der Waals surface area contributed by atoms with Gasteiger partial charge in [0.1, 0.15) is 5.76 Å². The van der Waals surface area contributed by atoms with Gasteiger partial charge in [-0.25, -0.2) is 0 Å². The maximum atomic E-state index is 5.29. The number of hydrogen-bond donors (Lipinski definition) is 1. The van der Waals surface area contributed by atoms with Gasteiger partial charge < -0.3 is 9.73 Å². The van der Waals surface area contributed by atoms with Crippen LogP contribution < -0.4 is 5.32 Å². The third-order valence-corrected chi connectivity index (χ3v) is 3.64. The van der Waals surface area contributed by atoms with Gasteiger partial charge in [-0.3, -0.25) is 4.90 Å². The molecule has 1 N–H and O–H groups in total. The molecule has 1 aromatic heterocycles. The van der Waals surface area contributed by atoms with E-state index in [9.17, 15) is 0 Å². The molecule has 0 aliphatic carbocycles. The second-order valence-corrected chi connectivity index (χ2v) is 5.25. The predicted octanol–water partition coefficient (Wildman–Crippen LogP) is 2.49. The number of nitrogens with zero attached hydrogens (tertiary/aromatic N) is 1. The van der Waals surface area contributed by atoms with Gasteiger partial charge in [-0.1, -0.05) is 13.8 Å². The highest BCUT2D eigenvalue weighted by molar-refractivity contribution is 4.97. The van der Waals surface area contributed by atoms with Crippen molar-refractivity contribution in [3.8, 4) is 0 Å². The van der Waals surface area contributed by atoms with Crippen molar-refractivity contribution in [1.82, 2.24) is 10.2 Å². The van der Waals surface area contributed by atoms with E-state index in [4.69, 9.17) is 4.42 Å². The molecule has 1 aromatic rings. The summed E-state index contributed by atoms with van der Waals surface area (Å²) in [6.07, 6.45) is 4.46. The fourth-order valence-electron chi connectivity index (χ4n) is 2.73. The molecule has 0 bridgehead atoms. The van der Waals surface area contributed by atoms with Gasteiger partial charge in [-0.05, 0) is 37.4 Å². The number of rotatable bonds is 6. The van der Waals surface area contributed by atoms with Gasteiger partial charge in [0.25, 0.3) is 0 Å². The monoisotopic (exact) mass is 236 g/mol. The van der Waals surface area contributed by atoms with E-state index in [1.165, 1.54) is 19.4 Å². The quantitative estimate of drug-likeness (QED) is 0.769. The predicted molar refractivity (Wildman–Crippen MR) is 69.8 cm³/mol. The van der Waals surface area contributed by atoms with Crippen molar-refractivity contribution < 1.29 is 4.42 Å². The molecular weight excluding hydrogens is 212 g/mol. The Morgan fingerprint density at radius 1 is 1.53 bits per heavy atom. The molecule has 0 spiro atoms. The minimum absolute atomic E-state index is 0.780. The average molecular weight is 236 g/mol. The lowest BCUT2D eigenvalue weighted by atomic mass is 10.0. The van der Waals surface area contributed by atoms with Crippen LogP contribution in [0.5, 0.6) is 0 Å². The Morgan fingerprint density at radius 3 is 3.12 bits per heavy atom. The first-order chi connectivity index (χ1) is 8.27. The lowest BCUT2D eigenvalue weighted by molar-refractivity contribution is 0.206. The molecule has 1 aliphatic rings. The molecule has 1 unspecified atom stereocenters. The Bertz CT molecular complexity index is 308. The van der Waals surface area contributed by atoms with E-state index in [1.54, 1.807) is 6.26 Å². The van der Waals surface area contributed by atoms with Crippen molar-refractivity contribution in [2.75, 3.05) is 19.6 Å². The van der Waals surface area contributed by atoms with Crippen LogP contribution in [0.25, 0.3) is 0 Å². The number of hydrogen-bond acceptors (Lipinski definition) is 3. The van der Waals surface area contributed by atoms with Gasteiger partial charge in [-0.15, -0.1) is 0 Å². The molecule has 1 saturated heterocycles. The molecule has 0 saturated carbocycles. The van der Waals surface area contributed by atoms with Gasteiger partial charge in [0.2, 0.25) is 0 Å². The van der Waals surface area contributed by atoms with Gasteiger partial charge in [0.05, 0.1) is 12.8 Å². The topological polar surface area (TPSA) is 28.4 Å². The average Bonchev–Trinajstić information content (AvgIpc) is 2.95. The molecule has 1 atom stereocenters. The van der Waals surface area contributed by atoms with E-state index in [1.807, 2.05) is 12.1 Å². The van der Waals surface area contributed by atoms with Gasteiger partial charge in [0, 0.05) is 19.1 Å². The van der Waals surface area contributed by atoms with Crippen molar-refractivity contribution >= 4 is 0 Å². The van der Waals surface area contributed by atoms with E-state index >= 15 is 0 Å². The highest BCUT2D eigenvalue weighted by atomic mass is 16.3. The van der Waals surface area contributed by atoms with Crippen molar-refractivity contribution in [3.63, 3.8) is 0 Å². The maximum absolute atomic E-state index is 5.29. The van der Waals surface area contributed by atoms with Gasteiger partial charge in [-0.2, -0.15) is 0 Å². The molecule has 1 fully saturated rings. The van der Waals surface area contributed by atoms with E-state index in [2.05, 4.69) is 24.1 Å². The van der Waals surface area contributed by atoms with Crippen molar-refractivity contribution in [2.24, 2.45) is 5.92 Å². The van der Waals surface area contributed by atoms with Crippen LogP contribution in [-0.2, 0) is 6.54 Å². The molecule has 0 radical (unpaired) electrons. The Labute approximate surface area is 104 Å². The number of furan rings is 1. The summed E-state index contributed by atoms with van der Waals surface area (Å²) in [6, 6.07) is 4.74. The summed E-state index contributed by atoms with van der Waals surface area (Å²) in [4.78, 5) is 2.62. The van der Waals surface area contributed by atoms with Crippen LogP contribution in [0.4, 0.5) is 0 Å². The molecular formula is C14H24N2O. The molecule has 2 rings (SSSR count). The standard InChI is InChI=1S/C14H24N2O/c1-12(2)14-6-3-8-16(14)9-7-15-11-13-5-4-10-17-13/h4-5,10,12,14-15H,3,6-9,11H2,1-2H3. The number of nitrogens with one attached hydrogen (secondary N) is 1. The fraction of sp³-hybridized carbons (Fsp3) is 0.714. The smallest absolute Gasteiger partial charge is 0.117 e. The Morgan fingerprint density at radius 2 is 2.41 bits per heavy atom. The summed E-state index contributed by atoms with van der Waals surface area (Å²) in [6.45, 7) is 8.98. The minimum atomic E-state index is 0.780. The van der Waals surface area contributed by atoms with Crippen LogP contribution in [0.3, 0.4) is 0 Å². The zero-order chi connectivity index (χ0) is 12.1. The third-order valence-electron chi connectivity index (χ3n) is 3.64. The Balaban J connectivity index is 1.64. The highest BCUT2D eigenvalue weighted by Crippen LogP contribution is 2.22. The van der Waals surface area contributed by atoms with E-state index < -0.39 is 0 Å². The first-order valence-electron chi connectivity index (χ1n) is 6.74. The third kappa shape index (κ3) is 3.58. The normalized spacial score (nSPS) is 21.5. The Kier molecular flexibility index (Phi) is 4.63. The summed E-state index contributed by atoms with van der Waals surface area (Å²) < 4.78 is 5.29. The van der Waals surface area contributed by atoms with Crippen LogP contribution in [0.1, 0.15) is 32.4 Å². The first-order valence-corrected chi connectivity index (χ1v) is 6.74. The molecule has 1 aliphatic heterocycles. The van der Waals surface area contributed by atoms with Crippen molar-refractivity contribution in [1.29, 1.82) is 0 Å². The summed E-state index contributed by atoms with van der Waals surface area (Å²) in [5, 5.41) is 3.44. The molecule has 0 aromatic carbocycles. The lowest BCUT2D eigenvalue weighted by Gasteiger charge is -2.27. The van der Waals surface area contributed by atoms with Crippen LogP contribution in [-0.4, -0.2) is 30.6 Å². The van der Waals surface area contributed by atoms with Crippen LogP contribution >= 0.6 is 0 Å². The van der Waals surface area contributed by atoms with E-state index in [0.717, 1.165) is 37.4 Å². The summed E-state index contributed by atoms with van der Waals surface area (Å²) in [7, 11) is 0. The second-order valence-electron chi connectivity index (χ2n) is 5.25. The highest BCUT2D eigenvalue weighted by Gasteiger charge is 2.26. The zero-order valence-corrected chi connectivity index (χ0v) is 11.0. The van der Waals surface area contributed by atoms with E-state index in [0.29, 0.717) is 0 Å². The van der Waals surface area contributed by atoms with Crippen molar-refractivity contribution in [3.05, 3.63) is 24.2 Å². The molecule has 17 heavy (non-hydrogen) atoms. The first kappa shape index (κ1) is 12.7. The second kappa shape index (κ2) is 6.22. The number of likely N-dealkylation sites (tertiary alicyclic amines) is 1. The summed E-state index contributed by atoms with van der Waals surface area (Å²) in [5.74, 6) is 1.80. The molecule has 2 heterocycles. The summed E-state index contributed by atoms with van der Waals surface area (Å²) in [5.41, 5.74) is 0. The maximum Gasteiger partial charge on any atom is 0.117 e. The van der Waals surface area contributed by atoms with Crippen LogP contribution in [0.2, 0.25) is 0 Å². The van der Waals surface area contributed by atoms with Gasteiger partial charge in [0.15, 0.2) is 0 Å². The molecule has 96 valence electrons. The summed E-state index contributed by atoms with van der Waals surface area (Å²) >= 11 is 0. The molecule has 3 nitrogen and oxygen atoms in total. The Hall–Kier alpha value is -0.800. The zero-order valence-electron chi connectivity index (χ0n) is 11.0. The molecule has 3 heteroatoms.